The van der Waals surface area contributed by atoms with Crippen molar-refractivity contribution in [3.8, 4) is 0 Å². The van der Waals surface area contributed by atoms with Crippen molar-refractivity contribution in [1.29, 1.82) is 0 Å². The summed E-state index contributed by atoms with van der Waals surface area (Å²) in [6, 6.07) is 1.80. The van der Waals surface area contributed by atoms with Gasteiger partial charge in [0.1, 0.15) is 5.56 Å². The third-order valence-electron chi connectivity index (χ3n) is 4.73. The summed E-state index contributed by atoms with van der Waals surface area (Å²) in [5, 5.41) is 4.21. The average Bonchev–Trinajstić information content (AvgIpc) is 3.11. The average molecular weight is 300 g/mol. The van der Waals surface area contributed by atoms with Crippen LogP contribution in [-0.4, -0.2) is 50.7 Å². The molecule has 2 unspecified atom stereocenters. The second kappa shape index (κ2) is 5.05. The minimum atomic E-state index is -0.135. The maximum Gasteiger partial charge on any atom is 0.259 e. The number of piperidine rings is 1. The number of likely N-dealkylation sites (tertiary alicyclic amines) is 1. The van der Waals surface area contributed by atoms with Crippen LogP contribution in [0.15, 0.2) is 24.7 Å². The van der Waals surface area contributed by atoms with E-state index >= 15 is 0 Å². The van der Waals surface area contributed by atoms with Gasteiger partial charge in [0.2, 0.25) is 0 Å². The van der Waals surface area contributed by atoms with Crippen LogP contribution in [-0.2, 0) is 4.74 Å². The number of hydrogen-bond acceptors (Lipinski definition) is 4. The van der Waals surface area contributed by atoms with E-state index in [1.165, 1.54) is 0 Å². The van der Waals surface area contributed by atoms with Gasteiger partial charge in [-0.2, -0.15) is 5.10 Å². The van der Waals surface area contributed by atoms with Crippen LogP contribution in [0.25, 0.3) is 5.65 Å². The Kier molecular flexibility index (Phi) is 3.14. The van der Waals surface area contributed by atoms with E-state index in [0.29, 0.717) is 23.7 Å². The molecule has 6 nitrogen and oxygen atoms in total. The molecule has 2 aliphatic heterocycles. The highest BCUT2D eigenvalue weighted by molar-refractivity contribution is 5.99. The highest BCUT2D eigenvalue weighted by atomic mass is 16.5. The first kappa shape index (κ1) is 13.7. The normalized spacial score (nSPS) is 28.6. The first-order chi connectivity index (χ1) is 10.7. The predicted octanol–water partition coefficient (Wildman–Crippen LogP) is 1.76. The van der Waals surface area contributed by atoms with Gasteiger partial charge in [-0.05, 0) is 31.2 Å². The number of aromatic nitrogens is 3. The maximum atomic E-state index is 12.9. The lowest BCUT2D eigenvalue weighted by atomic mass is 9.87. The molecule has 4 rings (SSSR count). The van der Waals surface area contributed by atoms with E-state index in [1.54, 1.807) is 29.2 Å². The number of nitrogens with zero attached hydrogens (tertiary/aromatic N) is 4. The zero-order chi connectivity index (χ0) is 15.2. The van der Waals surface area contributed by atoms with Gasteiger partial charge in [0.05, 0.1) is 18.4 Å². The summed E-state index contributed by atoms with van der Waals surface area (Å²) in [4.78, 5) is 19.1. The molecule has 2 saturated heterocycles. The number of ether oxygens (including phenoxy) is 1. The van der Waals surface area contributed by atoms with E-state index in [0.717, 1.165) is 32.4 Å². The second-order valence-electron chi connectivity index (χ2n) is 6.58. The first-order valence-electron chi connectivity index (χ1n) is 7.88. The zero-order valence-corrected chi connectivity index (χ0v) is 12.7. The van der Waals surface area contributed by atoms with Crippen molar-refractivity contribution in [2.24, 2.45) is 5.92 Å². The lowest BCUT2D eigenvalue weighted by Gasteiger charge is -2.39. The van der Waals surface area contributed by atoms with Gasteiger partial charge in [-0.25, -0.2) is 9.50 Å². The molecule has 1 spiro atoms. The zero-order valence-electron chi connectivity index (χ0n) is 12.7. The Balaban J connectivity index is 1.60. The number of rotatable bonds is 1. The molecule has 6 heteroatoms. The Morgan fingerprint density at radius 1 is 1.50 bits per heavy atom. The van der Waals surface area contributed by atoms with Crippen LogP contribution >= 0.6 is 0 Å². The van der Waals surface area contributed by atoms with Gasteiger partial charge in [0, 0.05) is 25.5 Å². The van der Waals surface area contributed by atoms with Gasteiger partial charge in [-0.3, -0.25) is 4.79 Å². The SMILES string of the molecule is CC1COC2(CCCN(C(=O)c3cnn4cccnc34)C2)C1. The molecular formula is C16H20N4O2. The van der Waals surface area contributed by atoms with E-state index < -0.39 is 0 Å². The molecule has 116 valence electrons. The summed E-state index contributed by atoms with van der Waals surface area (Å²) in [5.74, 6) is 0.588. The van der Waals surface area contributed by atoms with E-state index in [2.05, 4.69) is 17.0 Å². The fraction of sp³-hybridized carbons (Fsp3) is 0.562. The van der Waals surface area contributed by atoms with Crippen molar-refractivity contribution in [3.05, 3.63) is 30.2 Å². The van der Waals surface area contributed by atoms with Gasteiger partial charge in [-0.15, -0.1) is 0 Å². The monoisotopic (exact) mass is 300 g/mol. The van der Waals surface area contributed by atoms with Gasteiger partial charge in [0.25, 0.3) is 5.91 Å². The molecule has 0 N–H and O–H groups in total. The van der Waals surface area contributed by atoms with Crippen molar-refractivity contribution in [2.75, 3.05) is 19.7 Å². The molecule has 1 amide bonds. The van der Waals surface area contributed by atoms with Gasteiger partial charge >= 0.3 is 0 Å². The third kappa shape index (κ3) is 2.18. The lowest BCUT2D eigenvalue weighted by Crippen LogP contribution is -2.50. The van der Waals surface area contributed by atoms with Gasteiger partial charge in [-0.1, -0.05) is 6.92 Å². The number of fused-ring (bicyclic) bond motifs is 1. The largest absolute Gasteiger partial charge is 0.373 e. The Bertz CT molecular complexity index is 709. The van der Waals surface area contributed by atoms with Crippen molar-refractivity contribution in [1.82, 2.24) is 19.5 Å². The quantitative estimate of drug-likeness (QED) is 0.805. The molecule has 2 aromatic rings. The standard InChI is InChI=1S/C16H20N4O2/c1-12-8-16(22-10-12)4-2-6-19(11-16)15(21)13-9-18-20-7-3-5-17-14(13)20/h3,5,7,9,12H,2,4,6,8,10-11H2,1H3. The van der Waals surface area contributed by atoms with Crippen molar-refractivity contribution >= 4 is 11.6 Å². The van der Waals surface area contributed by atoms with Crippen LogP contribution < -0.4 is 0 Å². The molecule has 2 aromatic heterocycles. The van der Waals surface area contributed by atoms with Crippen molar-refractivity contribution < 1.29 is 9.53 Å². The van der Waals surface area contributed by atoms with E-state index in [9.17, 15) is 4.79 Å². The summed E-state index contributed by atoms with van der Waals surface area (Å²) in [7, 11) is 0. The molecule has 2 fully saturated rings. The first-order valence-corrected chi connectivity index (χ1v) is 7.88. The predicted molar refractivity (Wildman–Crippen MR) is 80.6 cm³/mol. The number of carbonyl (C=O) groups is 1. The third-order valence-corrected chi connectivity index (χ3v) is 4.73. The summed E-state index contributed by atoms with van der Waals surface area (Å²) in [5.41, 5.74) is 1.06. The Morgan fingerprint density at radius 2 is 2.41 bits per heavy atom. The fourth-order valence-corrected chi connectivity index (χ4v) is 3.78. The number of carbonyl (C=O) groups excluding carboxylic acids is 1. The highest BCUT2D eigenvalue weighted by Gasteiger charge is 2.43. The van der Waals surface area contributed by atoms with Crippen molar-refractivity contribution in [2.45, 2.75) is 31.8 Å². The molecule has 2 atom stereocenters. The molecule has 4 heterocycles. The number of amides is 1. The molecule has 0 saturated carbocycles. The highest BCUT2D eigenvalue weighted by Crippen LogP contribution is 2.37. The molecule has 0 bridgehead atoms. The van der Waals surface area contributed by atoms with Crippen LogP contribution in [0.1, 0.15) is 36.5 Å². The summed E-state index contributed by atoms with van der Waals surface area (Å²) in [6.45, 7) is 4.48. The minimum absolute atomic E-state index is 0.0101. The van der Waals surface area contributed by atoms with Crippen LogP contribution in [0.3, 0.4) is 0 Å². The second-order valence-corrected chi connectivity index (χ2v) is 6.58. The Hall–Kier alpha value is -1.95. The van der Waals surface area contributed by atoms with Gasteiger partial charge in [0.15, 0.2) is 5.65 Å². The Morgan fingerprint density at radius 3 is 3.23 bits per heavy atom. The molecule has 0 radical (unpaired) electrons. The summed E-state index contributed by atoms with van der Waals surface area (Å²) < 4.78 is 7.69. The van der Waals surface area contributed by atoms with Crippen LogP contribution in [0.2, 0.25) is 0 Å². The number of hydrogen-bond donors (Lipinski definition) is 0. The molecule has 0 aliphatic carbocycles. The molecular weight excluding hydrogens is 280 g/mol. The summed E-state index contributed by atoms with van der Waals surface area (Å²) >= 11 is 0. The van der Waals surface area contributed by atoms with E-state index in [4.69, 9.17) is 4.74 Å². The minimum Gasteiger partial charge on any atom is -0.373 e. The van der Waals surface area contributed by atoms with Crippen LogP contribution in [0.5, 0.6) is 0 Å². The van der Waals surface area contributed by atoms with E-state index in [-0.39, 0.29) is 11.5 Å². The van der Waals surface area contributed by atoms with E-state index in [1.807, 2.05) is 4.90 Å². The topological polar surface area (TPSA) is 59.7 Å². The molecule has 2 aliphatic rings. The van der Waals surface area contributed by atoms with Gasteiger partial charge < -0.3 is 9.64 Å². The van der Waals surface area contributed by atoms with Crippen molar-refractivity contribution in [3.63, 3.8) is 0 Å². The smallest absolute Gasteiger partial charge is 0.259 e. The maximum absolute atomic E-state index is 12.9. The Labute approximate surface area is 129 Å². The van der Waals surface area contributed by atoms with Crippen LogP contribution in [0.4, 0.5) is 0 Å². The lowest BCUT2D eigenvalue weighted by molar-refractivity contribution is -0.0448. The fourth-order valence-electron chi connectivity index (χ4n) is 3.78. The summed E-state index contributed by atoms with van der Waals surface area (Å²) in [6.07, 6.45) is 8.19. The molecule has 22 heavy (non-hydrogen) atoms. The van der Waals surface area contributed by atoms with Crippen LogP contribution in [0, 0.1) is 5.92 Å². The molecule has 0 aromatic carbocycles.